The Labute approximate surface area is 182 Å². The fraction of sp³-hybridized carbons (Fsp3) is 0.846. The van der Waals surface area contributed by atoms with Crippen LogP contribution in [0.1, 0.15) is 85.5 Å². The topological polar surface area (TPSA) is 75.7 Å². The molecule has 4 nitrogen and oxygen atoms in total. The Morgan fingerprint density at radius 3 is 2.50 bits per heavy atom. The van der Waals surface area contributed by atoms with Gasteiger partial charge in [-0.15, -0.1) is 0 Å². The van der Waals surface area contributed by atoms with Gasteiger partial charge in [0.1, 0.15) is 0 Å². The summed E-state index contributed by atoms with van der Waals surface area (Å²) in [5, 5.41) is 10.7. The van der Waals surface area contributed by atoms with Crippen LogP contribution in [0.15, 0.2) is 16.8 Å². The zero-order valence-electron chi connectivity index (χ0n) is 19.5. The SMILES string of the molecule is CC(C=NCC(=O)[C@H]1CC[C@H]2[C@@H]3CC[C@H]4C[C@](C)(O)CC[C@]4(C)[C@H]3CC[C@]12C)=CN. The summed E-state index contributed by atoms with van der Waals surface area (Å²) in [6.45, 7) is 9.19. The molecule has 4 rings (SSSR count). The molecule has 4 aliphatic carbocycles. The van der Waals surface area contributed by atoms with Crippen LogP contribution in [-0.4, -0.2) is 29.3 Å². The average molecular weight is 415 g/mol. The number of carbonyl (C=O) groups excluding carboxylic acids is 1. The van der Waals surface area contributed by atoms with Crippen molar-refractivity contribution >= 4 is 12.0 Å². The maximum Gasteiger partial charge on any atom is 0.157 e. The van der Waals surface area contributed by atoms with Crippen LogP contribution in [0.2, 0.25) is 0 Å². The summed E-state index contributed by atoms with van der Waals surface area (Å²) in [6, 6.07) is 0. The fourth-order valence-corrected chi connectivity index (χ4v) is 8.39. The lowest BCUT2D eigenvalue weighted by Gasteiger charge is -2.61. The van der Waals surface area contributed by atoms with Gasteiger partial charge in [0.2, 0.25) is 0 Å². The van der Waals surface area contributed by atoms with E-state index in [0.29, 0.717) is 29.6 Å². The van der Waals surface area contributed by atoms with Gasteiger partial charge in [0.15, 0.2) is 5.78 Å². The van der Waals surface area contributed by atoms with Gasteiger partial charge in [-0.1, -0.05) is 13.8 Å². The number of aliphatic hydroxyl groups is 1. The van der Waals surface area contributed by atoms with Crippen LogP contribution in [0.4, 0.5) is 0 Å². The van der Waals surface area contributed by atoms with Crippen LogP contribution < -0.4 is 5.73 Å². The van der Waals surface area contributed by atoms with E-state index >= 15 is 0 Å². The molecule has 0 aromatic carbocycles. The molecule has 3 N–H and O–H groups in total. The summed E-state index contributed by atoms with van der Waals surface area (Å²) < 4.78 is 0. The predicted octanol–water partition coefficient (Wildman–Crippen LogP) is 4.90. The molecule has 0 saturated heterocycles. The third-order valence-corrected chi connectivity index (χ3v) is 10.1. The van der Waals surface area contributed by atoms with E-state index in [1.165, 1.54) is 44.7 Å². The van der Waals surface area contributed by atoms with Gasteiger partial charge < -0.3 is 10.8 Å². The summed E-state index contributed by atoms with van der Waals surface area (Å²) in [5.41, 5.74) is 6.46. The quantitative estimate of drug-likeness (QED) is 0.643. The molecule has 168 valence electrons. The third-order valence-electron chi connectivity index (χ3n) is 10.1. The van der Waals surface area contributed by atoms with Crippen LogP contribution >= 0.6 is 0 Å². The number of Topliss-reactive ketones (excluding diaryl/α,β-unsaturated/α-hetero) is 1. The van der Waals surface area contributed by atoms with Crippen molar-refractivity contribution in [1.82, 2.24) is 0 Å². The van der Waals surface area contributed by atoms with Crippen molar-refractivity contribution in [3.05, 3.63) is 11.8 Å². The molecule has 4 fully saturated rings. The van der Waals surface area contributed by atoms with Crippen molar-refractivity contribution < 1.29 is 9.90 Å². The van der Waals surface area contributed by atoms with E-state index in [9.17, 15) is 9.90 Å². The van der Waals surface area contributed by atoms with Gasteiger partial charge in [-0.3, -0.25) is 9.79 Å². The zero-order chi connectivity index (χ0) is 21.7. The first kappa shape index (κ1) is 22.0. The molecule has 0 radical (unpaired) electrons. The number of nitrogens with two attached hydrogens (primary N) is 1. The van der Waals surface area contributed by atoms with Crippen molar-refractivity contribution in [3.63, 3.8) is 0 Å². The maximum atomic E-state index is 13.1. The number of carbonyl (C=O) groups is 1. The monoisotopic (exact) mass is 414 g/mol. The molecule has 0 aliphatic heterocycles. The molecular formula is C26H42N2O2. The number of fused-ring (bicyclic) bond motifs is 5. The van der Waals surface area contributed by atoms with Crippen molar-refractivity contribution in [1.29, 1.82) is 0 Å². The first-order chi connectivity index (χ1) is 14.1. The van der Waals surface area contributed by atoms with Gasteiger partial charge in [0, 0.05) is 12.1 Å². The van der Waals surface area contributed by atoms with E-state index in [-0.39, 0.29) is 11.3 Å². The predicted molar refractivity (Wildman–Crippen MR) is 122 cm³/mol. The molecule has 4 heteroatoms. The second-order valence-electron chi connectivity index (χ2n) is 11.9. The molecule has 0 amide bonds. The summed E-state index contributed by atoms with van der Waals surface area (Å²) in [6.07, 6.45) is 13.6. The van der Waals surface area contributed by atoms with E-state index in [0.717, 1.165) is 36.7 Å². The van der Waals surface area contributed by atoms with Crippen LogP contribution in [-0.2, 0) is 4.79 Å². The normalized spacial score (nSPS) is 48.8. The highest BCUT2D eigenvalue weighted by molar-refractivity contribution is 5.87. The first-order valence-corrected chi connectivity index (χ1v) is 12.2. The number of rotatable bonds is 4. The third kappa shape index (κ3) is 3.57. The number of aliphatic imine (C=N–C) groups is 1. The molecule has 30 heavy (non-hydrogen) atoms. The highest BCUT2D eigenvalue weighted by atomic mass is 16.3. The van der Waals surface area contributed by atoms with Crippen molar-refractivity contribution in [2.24, 2.45) is 51.1 Å². The standard InChI is InChI=1S/C26H42N2O2/c1-17(14-27)15-28-16-23(29)22-8-7-20-19-6-5-18-13-24(2,30)11-12-25(18,3)21(19)9-10-26(20,22)4/h14-15,18-22,30H,5-13,16,27H2,1-4H3/t18-,19-,20-,21-,22+,24+,25-,26-/m0/s1. The van der Waals surface area contributed by atoms with E-state index in [4.69, 9.17) is 5.73 Å². The number of ketones is 1. The second-order valence-corrected chi connectivity index (χ2v) is 11.9. The summed E-state index contributed by atoms with van der Waals surface area (Å²) in [4.78, 5) is 17.5. The molecule has 4 aliphatic rings. The molecular weight excluding hydrogens is 372 g/mol. The summed E-state index contributed by atoms with van der Waals surface area (Å²) in [7, 11) is 0. The van der Waals surface area contributed by atoms with Gasteiger partial charge in [0.25, 0.3) is 0 Å². The lowest BCUT2D eigenvalue weighted by molar-refractivity contribution is -0.150. The Morgan fingerprint density at radius 1 is 1.03 bits per heavy atom. The Bertz CT molecular complexity index is 741. The lowest BCUT2D eigenvalue weighted by atomic mass is 9.44. The number of nitrogens with zero attached hydrogens (tertiary/aromatic N) is 1. The number of hydrogen-bond donors (Lipinski definition) is 2. The van der Waals surface area contributed by atoms with Crippen LogP contribution in [0.3, 0.4) is 0 Å². The molecule has 4 saturated carbocycles. The molecule has 0 aromatic rings. The van der Waals surface area contributed by atoms with Crippen molar-refractivity contribution in [2.75, 3.05) is 6.54 Å². The minimum absolute atomic E-state index is 0.149. The Hall–Kier alpha value is -1.16. The smallest absolute Gasteiger partial charge is 0.157 e. The summed E-state index contributed by atoms with van der Waals surface area (Å²) >= 11 is 0. The van der Waals surface area contributed by atoms with Crippen LogP contribution in [0, 0.1) is 40.4 Å². The Morgan fingerprint density at radius 2 is 1.77 bits per heavy atom. The van der Waals surface area contributed by atoms with E-state index in [1.807, 2.05) is 13.8 Å². The number of allylic oxidation sites excluding steroid dienone is 1. The summed E-state index contributed by atoms with van der Waals surface area (Å²) in [5.74, 6) is 3.37. The van der Waals surface area contributed by atoms with E-state index in [2.05, 4.69) is 18.8 Å². The highest BCUT2D eigenvalue weighted by Gasteiger charge is 2.61. The van der Waals surface area contributed by atoms with Gasteiger partial charge >= 0.3 is 0 Å². The molecule has 8 atom stereocenters. The average Bonchev–Trinajstić information content (AvgIpc) is 3.05. The van der Waals surface area contributed by atoms with Gasteiger partial charge in [0.05, 0.1) is 12.1 Å². The first-order valence-electron chi connectivity index (χ1n) is 12.2. The Balaban J connectivity index is 1.49. The van der Waals surface area contributed by atoms with Crippen molar-refractivity contribution in [3.8, 4) is 0 Å². The molecule has 0 unspecified atom stereocenters. The molecule has 0 bridgehead atoms. The molecule has 0 aromatic heterocycles. The second kappa shape index (κ2) is 7.76. The van der Waals surface area contributed by atoms with E-state index in [1.54, 1.807) is 6.21 Å². The molecule has 0 spiro atoms. The zero-order valence-corrected chi connectivity index (χ0v) is 19.5. The maximum absolute atomic E-state index is 13.1. The van der Waals surface area contributed by atoms with Crippen LogP contribution in [0.5, 0.6) is 0 Å². The highest BCUT2D eigenvalue weighted by Crippen LogP contribution is 2.68. The lowest BCUT2D eigenvalue weighted by Crippen LogP contribution is -2.55. The minimum Gasteiger partial charge on any atom is -0.404 e. The number of hydrogen-bond acceptors (Lipinski definition) is 4. The van der Waals surface area contributed by atoms with Gasteiger partial charge in [-0.2, -0.15) is 0 Å². The van der Waals surface area contributed by atoms with E-state index < -0.39 is 5.60 Å². The van der Waals surface area contributed by atoms with Gasteiger partial charge in [-0.05, 0) is 118 Å². The van der Waals surface area contributed by atoms with Crippen LogP contribution in [0.25, 0.3) is 0 Å². The Kier molecular flexibility index (Phi) is 5.70. The minimum atomic E-state index is -0.469. The fourth-order valence-electron chi connectivity index (χ4n) is 8.39. The van der Waals surface area contributed by atoms with Gasteiger partial charge in [-0.25, -0.2) is 0 Å². The van der Waals surface area contributed by atoms with Crippen molar-refractivity contribution in [2.45, 2.75) is 91.1 Å². The largest absolute Gasteiger partial charge is 0.404 e. The molecule has 0 heterocycles.